The summed E-state index contributed by atoms with van der Waals surface area (Å²) in [7, 11) is 5.91. The zero-order valence-electron chi connectivity index (χ0n) is 12.3. The van der Waals surface area contributed by atoms with E-state index in [2.05, 4.69) is 47.4 Å². The van der Waals surface area contributed by atoms with Crippen LogP contribution in [0.3, 0.4) is 0 Å². The molecule has 0 spiro atoms. The van der Waals surface area contributed by atoms with Crippen molar-refractivity contribution in [2.24, 2.45) is 0 Å². The molecule has 1 aromatic carbocycles. The summed E-state index contributed by atoms with van der Waals surface area (Å²) in [5.41, 5.74) is 2.64. The number of hydrogen-bond acceptors (Lipinski definition) is 4. The molecule has 4 nitrogen and oxygen atoms in total. The van der Waals surface area contributed by atoms with Gasteiger partial charge in [0, 0.05) is 44.8 Å². The Kier molecular flexibility index (Phi) is 5.19. The summed E-state index contributed by atoms with van der Waals surface area (Å²) in [5, 5.41) is 3.39. The summed E-state index contributed by atoms with van der Waals surface area (Å²) >= 11 is 0. The van der Waals surface area contributed by atoms with E-state index < -0.39 is 0 Å². The van der Waals surface area contributed by atoms with Gasteiger partial charge in [0.1, 0.15) is 5.75 Å². The lowest BCUT2D eigenvalue weighted by atomic mass is 10.1. The first kappa shape index (κ1) is 14.3. The Morgan fingerprint density at radius 2 is 2.00 bits per heavy atom. The summed E-state index contributed by atoms with van der Waals surface area (Å²) in [6.07, 6.45) is 0. The van der Waals surface area contributed by atoms with Crippen LogP contribution in [0.5, 0.6) is 5.75 Å². The van der Waals surface area contributed by atoms with Crippen LogP contribution in [0.1, 0.15) is 11.1 Å². The maximum absolute atomic E-state index is 5.44. The molecule has 0 saturated carbocycles. The van der Waals surface area contributed by atoms with Crippen LogP contribution in [0.15, 0.2) is 18.2 Å². The van der Waals surface area contributed by atoms with E-state index >= 15 is 0 Å². The van der Waals surface area contributed by atoms with Crippen molar-refractivity contribution in [1.82, 2.24) is 15.1 Å². The highest BCUT2D eigenvalue weighted by Crippen LogP contribution is 2.22. The maximum atomic E-state index is 5.44. The minimum atomic E-state index is 0.915. The van der Waals surface area contributed by atoms with Crippen LogP contribution < -0.4 is 10.1 Å². The normalized spacial score (nSPS) is 16.8. The largest absolute Gasteiger partial charge is 0.496 e. The van der Waals surface area contributed by atoms with Gasteiger partial charge in [-0.1, -0.05) is 6.07 Å². The Morgan fingerprint density at radius 1 is 1.26 bits per heavy atom. The molecule has 1 fully saturated rings. The van der Waals surface area contributed by atoms with E-state index in [0.717, 1.165) is 45.0 Å². The van der Waals surface area contributed by atoms with Crippen molar-refractivity contribution >= 4 is 0 Å². The van der Waals surface area contributed by atoms with Gasteiger partial charge in [0.15, 0.2) is 0 Å². The maximum Gasteiger partial charge on any atom is 0.123 e. The minimum absolute atomic E-state index is 0.915. The molecule has 1 aliphatic rings. The Labute approximate surface area is 116 Å². The lowest BCUT2D eigenvalue weighted by Gasteiger charge is -2.27. The quantitative estimate of drug-likeness (QED) is 0.863. The Bertz CT molecular complexity index is 400. The van der Waals surface area contributed by atoms with E-state index in [4.69, 9.17) is 4.74 Å². The molecule has 1 saturated heterocycles. The van der Waals surface area contributed by atoms with Crippen LogP contribution in [-0.4, -0.2) is 57.2 Å². The van der Waals surface area contributed by atoms with Gasteiger partial charge in [-0.25, -0.2) is 0 Å². The van der Waals surface area contributed by atoms with Crippen LogP contribution in [-0.2, 0) is 13.1 Å². The Hall–Kier alpha value is -1.10. The second-order valence-corrected chi connectivity index (χ2v) is 5.41. The molecule has 0 unspecified atom stereocenters. The monoisotopic (exact) mass is 263 g/mol. The van der Waals surface area contributed by atoms with Gasteiger partial charge < -0.3 is 15.0 Å². The number of rotatable bonds is 5. The summed E-state index contributed by atoms with van der Waals surface area (Å²) < 4.78 is 5.44. The van der Waals surface area contributed by atoms with Crippen LogP contribution in [0, 0.1) is 0 Å². The SMILES string of the molecule is COc1ccc(CN2CCNCC2)cc1CN(C)C. The molecule has 1 aromatic rings. The highest BCUT2D eigenvalue weighted by molar-refractivity contribution is 5.37. The van der Waals surface area contributed by atoms with Gasteiger partial charge in [-0.3, -0.25) is 4.90 Å². The lowest BCUT2D eigenvalue weighted by molar-refractivity contribution is 0.233. The number of nitrogens with one attached hydrogen (secondary N) is 1. The van der Waals surface area contributed by atoms with Crippen molar-refractivity contribution in [3.05, 3.63) is 29.3 Å². The zero-order chi connectivity index (χ0) is 13.7. The van der Waals surface area contributed by atoms with Crippen molar-refractivity contribution in [3.8, 4) is 5.75 Å². The van der Waals surface area contributed by atoms with E-state index in [1.165, 1.54) is 11.1 Å². The molecule has 1 heterocycles. The third-order valence-corrected chi connectivity index (χ3v) is 3.45. The zero-order valence-corrected chi connectivity index (χ0v) is 12.3. The number of nitrogens with zero attached hydrogens (tertiary/aromatic N) is 2. The van der Waals surface area contributed by atoms with Crippen molar-refractivity contribution in [1.29, 1.82) is 0 Å². The predicted molar refractivity (Wildman–Crippen MR) is 78.5 cm³/mol. The molecule has 0 atom stereocenters. The van der Waals surface area contributed by atoms with Crippen LogP contribution in [0.25, 0.3) is 0 Å². The fourth-order valence-corrected chi connectivity index (χ4v) is 2.52. The van der Waals surface area contributed by atoms with Gasteiger partial charge in [-0.2, -0.15) is 0 Å². The number of benzene rings is 1. The highest BCUT2D eigenvalue weighted by Gasteiger charge is 2.11. The van der Waals surface area contributed by atoms with Crippen molar-refractivity contribution in [2.45, 2.75) is 13.1 Å². The molecule has 1 aliphatic heterocycles. The Morgan fingerprint density at radius 3 is 2.63 bits per heavy atom. The van der Waals surface area contributed by atoms with Gasteiger partial charge in [0.05, 0.1) is 7.11 Å². The van der Waals surface area contributed by atoms with Crippen LogP contribution >= 0.6 is 0 Å². The minimum Gasteiger partial charge on any atom is -0.496 e. The molecule has 0 radical (unpaired) electrons. The van der Waals surface area contributed by atoms with E-state index in [1.807, 2.05) is 0 Å². The molecule has 19 heavy (non-hydrogen) atoms. The first-order chi connectivity index (χ1) is 9.19. The molecule has 106 valence electrons. The standard InChI is InChI=1S/C15H25N3O/c1-17(2)12-14-10-13(4-5-15(14)19-3)11-18-8-6-16-7-9-18/h4-5,10,16H,6-9,11-12H2,1-3H3. The Balaban J connectivity index is 2.07. The first-order valence-corrected chi connectivity index (χ1v) is 6.92. The molecular weight excluding hydrogens is 238 g/mol. The summed E-state index contributed by atoms with van der Waals surface area (Å²) in [4.78, 5) is 4.67. The van der Waals surface area contributed by atoms with E-state index in [-0.39, 0.29) is 0 Å². The number of ether oxygens (including phenoxy) is 1. The van der Waals surface area contributed by atoms with Crippen molar-refractivity contribution in [2.75, 3.05) is 47.4 Å². The molecule has 2 rings (SSSR count). The average Bonchev–Trinajstić information content (AvgIpc) is 2.39. The average molecular weight is 263 g/mol. The fourth-order valence-electron chi connectivity index (χ4n) is 2.52. The van der Waals surface area contributed by atoms with Gasteiger partial charge in [0.25, 0.3) is 0 Å². The van der Waals surface area contributed by atoms with Crippen LogP contribution in [0.2, 0.25) is 0 Å². The molecule has 0 aromatic heterocycles. The van der Waals surface area contributed by atoms with Gasteiger partial charge in [-0.15, -0.1) is 0 Å². The van der Waals surface area contributed by atoms with E-state index in [0.29, 0.717) is 0 Å². The van der Waals surface area contributed by atoms with E-state index in [9.17, 15) is 0 Å². The second kappa shape index (κ2) is 6.89. The summed E-state index contributed by atoms with van der Waals surface area (Å²) in [5.74, 6) is 0.984. The summed E-state index contributed by atoms with van der Waals surface area (Å²) in [6, 6.07) is 6.55. The molecule has 0 amide bonds. The van der Waals surface area contributed by atoms with Crippen molar-refractivity contribution < 1.29 is 4.74 Å². The number of hydrogen-bond donors (Lipinski definition) is 1. The first-order valence-electron chi connectivity index (χ1n) is 6.92. The molecular formula is C15H25N3O. The topological polar surface area (TPSA) is 27.7 Å². The lowest BCUT2D eigenvalue weighted by Crippen LogP contribution is -2.42. The van der Waals surface area contributed by atoms with E-state index in [1.54, 1.807) is 7.11 Å². The molecule has 4 heteroatoms. The predicted octanol–water partition coefficient (Wildman–Crippen LogP) is 1.16. The highest BCUT2D eigenvalue weighted by atomic mass is 16.5. The fraction of sp³-hybridized carbons (Fsp3) is 0.600. The second-order valence-electron chi connectivity index (χ2n) is 5.41. The smallest absolute Gasteiger partial charge is 0.123 e. The number of piperazine rings is 1. The third-order valence-electron chi connectivity index (χ3n) is 3.45. The van der Waals surface area contributed by atoms with Crippen molar-refractivity contribution in [3.63, 3.8) is 0 Å². The molecule has 1 N–H and O–H groups in total. The third kappa shape index (κ3) is 4.20. The van der Waals surface area contributed by atoms with Gasteiger partial charge in [0.2, 0.25) is 0 Å². The molecule has 0 bridgehead atoms. The van der Waals surface area contributed by atoms with Crippen LogP contribution in [0.4, 0.5) is 0 Å². The van der Waals surface area contributed by atoms with Gasteiger partial charge in [-0.05, 0) is 31.8 Å². The molecule has 0 aliphatic carbocycles. The van der Waals surface area contributed by atoms with Gasteiger partial charge >= 0.3 is 0 Å². The number of methoxy groups -OCH3 is 1. The summed E-state index contributed by atoms with van der Waals surface area (Å²) in [6.45, 7) is 6.41.